The van der Waals surface area contributed by atoms with Gasteiger partial charge in [0, 0.05) is 9.85 Å². The highest BCUT2D eigenvalue weighted by molar-refractivity contribution is 9.10. The van der Waals surface area contributed by atoms with Crippen LogP contribution in [0.2, 0.25) is 0 Å². The Hall–Kier alpha value is -1.96. The number of amides is 1. The number of rotatable bonds is 6. The number of halogens is 1. The van der Waals surface area contributed by atoms with Gasteiger partial charge in [-0.1, -0.05) is 47.1 Å². The summed E-state index contributed by atoms with van der Waals surface area (Å²) in [6.07, 6.45) is 0.191. The van der Waals surface area contributed by atoms with E-state index in [1.165, 1.54) is 11.3 Å². The van der Waals surface area contributed by atoms with Crippen LogP contribution >= 0.6 is 27.3 Å². The van der Waals surface area contributed by atoms with Gasteiger partial charge in [-0.15, -0.1) is 11.3 Å². The second kappa shape index (κ2) is 8.37. The van der Waals surface area contributed by atoms with Crippen LogP contribution in [0.4, 0.5) is 5.00 Å². The van der Waals surface area contributed by atoms with Crippen molar-refractivity contribution in [3.05, 3.63) is 70.0 Å². The first-order valence-corrected chi connectivity index (χ1v) is 11.7. The molecule has 0 spiro atoms. The Morgan fingerprint density at radius 2 is 1.81 bits per heavy atom. The van der Waals surface area contributed by atoms with E-state index in [4.69, 9.17) is 0 Å². The Balaban J connectivity index is 1.65. The smallest absolute Gasteiger partial charge is 0.229 e. The lowest BCUT2D eigenvalue weighted by Gasteiger charge is -2.05. The third-order valence-corrected chi connectivity index (χ3v) is 7.14. The molecule has 1 N–H and O–H groups in total. The van der Waals surface area contributed by atoms with Gasteiger partial charge >= 0.3 is 0 Å². The Bertz CT molecular complexity index is 1060. The molecular formula is C20H18BrNO3S2. The molecule has 0 aliphatic rings. The molecule has 0 saturated heterocycles. The van der Waals surface area contributed by atoms with Crippen molar-refractivity contribution in [3.8, 4) is 11.1 Å². The molecule has 3 rings (SSSR count). The molecule has 7 heteroatoms. The second-order valence-electron chi connectivity index (χ2n) is 5.98. The van der Waals surface area contributed by atoms with Gasteiger partial charge in [-0.2, -0.15) is 0 Å². The minimum absolute atomic E-state index is 0.0610. The van der Waals surface area contributed by atoms with Crippen molar-refractivity contribution in [2.45, 2.75) is 18.2 Å². The molecule has 0 aliphatic heterocycles. The topological polar surface area (TPSA) is 63.2 Å². The zero-order chi connectivity index (χ0) is 19.4. The summed E-state index contributed by atoms with van der Waals surface area (Å²) >= 11 is 4.93. The maximum atomic E-state index is 12.3. The Morgan fingerprint density at radius 3 is 2.48 bits per heavy atom. The first-order valence-electron chi connectivity index (χ1n) is 8.33. The van der Waals surface area contributed by atoms with Gasteiger partial charge in [0.25, 0.3) is 0 Å². The van der Waals surface area contributed by atoms with Crippen LogP contribution < -0.4 is 5.32 Å². The lowest BCUT2D eigenvalue weighted by Crippen LogP contribution is -2.13. The molecule has 27 heavy (non-hydrogen) atoms. The lowest BCUT2D eigenvalue weighted by molar-refractivity contribution is -0.115. The molecule has 0 unspecified atom stereocenters. The van der Waals surface area contributed by atoms with Crippen molar-refractivity contribution in [1.29, 1.82) is 0 Å². The van der Waals surface area contributed by atoms with E-state index in [0.717, 1.165) is 26.2 Å². The van der Waals surface area contributed by atoms with E-state index in [9.17, 15) is 13.2 Å². The number of benzene rings is 2. The normalized spacial score (nSPS) is 11.3. The Morgan fingerprint density at radius 1 is 1.07 bits per heavy atom. The highest BCUT2D eigenvalue weighted by Crippen LogP contribution is 2.30. The lowest BCUT2D eigenvalue weighted by atomic mass is 10.1. The van der Waals surface area contributed by atoms with Crippen LogP contribution in [0.3, 0.4) is 0 Å². The number of carbonyl (C=O) groups excluding carboxylic acids is 1. The summed E-state index contributed by atoms with van der Waals surface area (Å²) in [5.74, 6) is -0.0744. The Kier molecular flexibility index (Phi) is 6.14. The number of nitrogens with one attached hydrogen (secondary N) is 1. The molecule has 0 radical (unpaired) electrons. The molecule has 0 aliphatic carbocycles. The minimum Gasteiger partial charge on any atom is -0.317 e. The maximum Gasteiger partial charge on any atom is 0.229 e. The molecular weight excluding hydrogens is 446 g/mol. The van der Waals surface area contributed by atoms with Crippen molar-refractivity contribution in [1.82, 2.24) is 0 Å². The Labute approximate surface area is 171 Å². The molecule has 4 nitrogen and oxygen atoms in total. The fourth-order valence-electron chi connectivity index (χ4n) is 2.57. The maximum absolute atomic E-state index is 12.3. The highest BCUT2D eigenvalue weighted by atomic mass is 79.9. The molecule has 1 heterocycles. The quantitative estimate of drug-likeness (QED) is 0.549. The molecule has 1 amide bonds. The van der Waals surface area contributed by atoms with Gasteiger partial charge in [0.1, 0.15) is 0 Å². The number of anilines is 1. The number of hydrogen-bond acceptors (Lipinski definition) is 4. The van der Waals surface area contributed by atoms with Crippen LogP contribution in [-0.2, 0) is 21.1 Å². The van der Waals surface area contributed by atoms with Crippen LogP contribution in [-0.4, -0.2) is 20.1 Å². The summed E-state index contributed by atoms with van der Waals surface area (Å²) in [5, 5.41) is 5.68. The molecule has 1 aromatic heterocycles. The summed E-state index contributed by atoms with van der Waals surface area (Å²) in [6, 6.07) is 16.4. The largest absolute Gasteiger partial charge is 0.317 e. The van der Waals surface area contributed by atoms with Crippen LogP contribution in [0, 0.1) is 0 Å². The zero-order valence-electron chi connectivity index (χ0n) is 14.6. The number of carbonyl (C=O) groups is 1. The number of hydrogen-bond donors (Lipinski definition) is 1. The number of thiophene rings is 1. The summed E-state index contributed by atoms with van der Waals surface area (Å²) < 4.78 is 24.7. The van der Waals surface area contributed by atoms with E-state index in [1.54, 1.807) is 31.2 Å². The summed E-state index contributed by atoms with van der Waals surface area (Å²) in [7, 11) is -3.22. The second-order valence-corrected chi connectivity index (χ2v) is 10.1. The van der Waals surface area contributed by atoms with Crippen LogP contribution in [0.1, 0.15) is 12.5 Å². The molecule has 3 aromatic rings. The summed E-state index contributed by atoms with van der Waals surface area (Å²) in [4.78, 5) is 12.6. The van der Waals surface area contributed by atoms with Gasteiger partial charge in [0.05, 0.1) is 22.1 Å². The standard InChI is InChI=1S/C20H18BrNO3S2/c1-2-27(24,25)18-8-6-14(7-9-18)10-19(23)22-20-12-16(13-26-20)15-4-3-5-17(21)11-15/h3-9,11-13H,2,10H2,1H3,(H,22,23). The zero-order valence-corrected chi connectivity index (χ0v) is 17.8. The van der Waals surface area contributed by atoms with Crippen molar-refractivity contribution in [3.63, 3.8) is 0 Å². The van der Waals surface area contributed by atoms with Crippen LogP contribution in [0.5, 0.6) is 0 Å². The predicted molar refractivity (Wildman–Crippen MR) is 114 cm³/mol. The van der Waals surface area contributed by atoms with E-state index in [0.29, 0.717) is 0 Å². The van der Waals surface area contributed by atoms with E-state index in [-0.39, 0.29) is 23.0 Å². The van der Waals surface area contributed by atoms with Gasteiger partial charge < -0.3 is 5.32 Å². The fraction of sp³-hybridized carbons (Fsp3) is 0.150. The third-order valence-electron chi connectivity index (χ3n) is 4.05. The summed E-state index contributed by atoms with van der Waals surface area (Å²) in [6.45, 7) is 1.61. The third kappa shape index (κ3) is 5.06. The summed E-state index contributed by atoms with van der Waals surface area (Å²) in [5.41, 5.74) is 2.89. The number of sulfone groups is 1. The SMILES string of the molecule is CCS(=O)(=O)c1ccc(CC(=O)Nc2cc(-c3cccc(Br)c3)cs2)cc1. The highest BCUT2D eigenvalue weighted by Gasteiger charge is 2.12. The molecule has 140 valence electrons. The molecule has 0 saturated carbocycles. The van der Waals surface area contributed by atoms with E-state index in [1.807, 2.05) is 35.7 Å². The van der Waals surface area contributed by atoms with Crippen molar-refractivity contribution < 1.29 is 13.2 Å². The van der Waals surface area contributed by atoms with E-state index >= 15 is 0 Å². The van der Waals surface area contributed by atoms with Gasteiger partial charge in [-0.3, -0.25) is 4.79 Å². The van der Waals surface area contributed by atoms with Gasteiger partial charge in [-0.25, -0.2) is 8.42 Å². The molecule has 0 fully saturated rings. The average molecular weight is 464 g/mol. The predicted octanol–water partition coefficient (Wildman–Crippen LogP) is 5.15. The van der Waals surface area contributed by atoms with Gasteiger partial charge in [0.15, 0.2) is 9.84 Å². The first-order chi connectivity index (χ1) is 12.9. The van der Waals surface area contributed by atoms with E-state index < -0.39 is 9.84 Å². The van der Waals surface area contributed by atoms with Crippen LogP contribution in [0.25, 0.3) is 11.1 Å². The van der Waals surface area contributed by atoms with Crippen molar-refractivity contribution in [2.75, 3.05) is 11.1 Å². The first kappa shape index (κ1) is 19.8. The van der Waals surface area contributed by atoms with Crippen LogP contribution in [0.15, 0.2) is 69.3 Å². The molecule has 2 aromatic carbocycles. The van der Waals surface area contributed by atoms with Crippen molar-refractivity contribution in [2.24, 2.45) is 0 Å². The molecule has 0 atom stereocenters. The fourth-order valence-corrected chi connectivity index (χ4v) is 4.68. The van der Waals surface area contributed by atoms with E-state index in [2.05, 4.69) is 21.2 Å². The average Bonchev–Trinajstić information content (AvgIpc) is 3.10. The van der Waals surface area contributed by atoms with Crippen molar-refractivity contribution >= 4 is 48.0 Å². The minimum atomic E-state index is -3.22. The monoisotopic (exact) mass is 463 g/mol. The molecule has 0 bridgehead atoms. The van der Waals surface area contributed by atoms with Gasteiger partial charge in [-0.05, 0) is 47.0 Å². The van der Waals surface area contributed by atoms with Gasteiger partial charge in [0.2, 0.25) is 5.91 Å².